The summed E-state index contributed by atoms with van der Waals surface area (Å²) >= 11 is 5.59. The number of hydrogen-bond acceptors (Lipinski definition) is 3. The number of aryl methyl sites for hydroxylation is 1. The molecule has 0 atom stereocenters. The number of rotatable bonds is 7. The highest BCUT2D eigenvalue weighted by Gasteiger charge is 2.19. The molecule has 0 N–H and O–H groups in total. The van der Waals surface area contributed by atoms with Crippen LogP contribution in [0.3, 0.4) is 0 Å². The molecule has 0 fully saturated rings. The van der Waals surface area contributed by atoms with Gasteiger partial charge in [0, 0.05) is 18.8 Å². The third-order valence-corrected chi connectivity index (χ3v) is 2.67. The van der Waals surface area contributed by atoms with Gasteiger partial charge in [-0.05, 0) is 19.8 Å². The van der Waals surface area contributed by atoms with Crippen LogP contribution in [0.5, 0.6) is 0 Å². The number of alkyl halides is 1. The highest BCUT2D eigenvalue weighted by atomic mass is 35.5. The molecule has 0 spiro atoms. The molecule has 0 unspecified atom stereocenters. The number of oxazole rings is 1. The molecular weight excluding hydrogens is 240 g/mol. The van der Waals surface area contributed by atoms with Gasteiger partial charge in [-0.3, -0.25) is 9.69 Å². The quantitative estimate of drug-likeness (QED) is 0.706. The second-order valence-electron chi connectivity index (χ2n) is 3.96. The minimum absolute atomic E-state index is 0.0287. The molecule has 0 bridgehead atoms. The lowest BCUT2D eigenvalue weighted by molar-refractivity contribution is -0.118. The molecule has 17 heavy (non-hydrogen) atoms. The maximum Gasteiger partial charge on any atom is 0.304 e. The zero-order chi connectivity index (χ0) is 12.7. The van der Waals surface area contributed by atoms with Gasteiger partial charge < -0.3 is 4.42 Å². The van der Waals surface area contributed by atoms with Crippen LogP contribution in [-0.4, -0.2) is 23.3 Å². The second-order valence-corrected chi connectivity index (χ2v) is 4.34. The predicted molar refractivity (Wildman–Crippen MR) is 68.5 cm³/mol. The van der Waals surface area contributed by atoms with Crippen LogP contribution >= 0.6 is 11.6 Å². The Morgan fingerprint density at radius 1 is 1.53 bits per heavy atom. The summed E-state index contributed by atoms with van der Waals surface area (Å²) in [6.45, 7) is 4.58. The fraction of sp³-hybridized carbons (Fsp3) is 0.667. The van der Waals surface area contributed by atoms with E-state index in [0.717, 1.165) is 18.5 Å². The number of anilines is 1. The van der Waals surface area contributed by atoms with Crippen molar-refractivity contribution >= 4 is 23.5 Å². The van der Waals surface area contributed by atoms with Crippen molar-refractivity contribution in [3.63, 3.8) is 0 Å². The third kappa shape index (κ3) is 4.38. The Kier molecular flexibility index (Phi) is 6.05. The minimum Gasteiger partial charge on any atom is -0.431 e. The molecule has 96 valence electrons. The number of halogens is 1. The minimum atomic E-state index is 0.0287. The Morgan fingerprint density at radius 2 is 2.29 bits per heavy atom. The average molecular weight is 259 g/mol. The Morgan fingerprint density at radius 3 is 2.82 bits per heavy atom. The van der Waals surface area contributed by atoms with Gasteiger partial charge in [0.25, 0.3) is 0 Å². The lowest BCUT2D eigenvalue weighted by atomic mass is 10.2. The smallest absolute Gasteiger partial charge is 0.304 e. The molecule has 1 aromatic rings. The number of hydrogen-bond donors (Lipinski definition) is 0. The maximum absolute atomic E-state index is 12.0. The van der Waals surface area contributed by atoms with E-state index in [1.54, 1.807) is 11.2 Å². The molecule has 0 aromatic carbocycles. The molecule has 0 saturated carbocycles. The van der Waals surface area contributed by atoms with E-state index < -0.39 is 0 Å². The molecule has 1 amide bonds. The van der Waals surface area contributed by atoms with Gasteiger partial charge in [-0.25, -0.2) is 0 Å². The van der Waals surface area contributed by atoms with Gasteiger partial charge in [0.2, 0.25) is 5.91 Å². The van der Waals surface area contributed by atoms with Gasteiger partial charge in [0.05, 0.1) is 5.69 Å². The molecule has 0 radical (unpaired) electrons. The van der Waals surface area contributed by atoms with Crippen LogP contribution in [0, 0.1) is 6.92 Å². The molecule has 0 aliphatic carbocycles. The second kappa shape index (κ2) is 7.33. The number of unbranched alkanes of at least 4 members (excludes halogenated alkanes) is 1. The van der Waals surface area contributed by atoms with Crippen molar-refractivity contribution in [3.8, 4) is 0 Å². The zero-order valence-electron chi connectivity index (χ0n) is 10.4. The Hall–Kier alpha value is -1.03. The maximum atomic E-state index is 12.0. The van der Waals surface area contributed by atoms with Crippen LogP contribution in [-0.2, 0) is 4.79 Å². The molecular formula is C12H19ClN2O2. The molecule has 5 heteroatoms. The van der Waals surface area contributed by atoms with Crippen molar-refractivity contribution in [1.82, 2.24) is 4.98 Å². The van der Waals surface area contributed by atoms with E-state index in [1.807, 2.05) is 6.92 Å². The first kappa shape index (κ1) is 14.0. The van der Waals surface area contributed by atoms with Crippen LogP contribution in [0.1, 0.15) is 38.3 Å². The monoisotopic (exact) mass is 258 g/mol. The molecule has 1 aromatic heterocycles. The van der Waals surface area contributed by atoms with Crippen molar-refractivity contribution in [2.45, 2.75) is 39.5 Å². The topological polar surface area (TPSA) is 46.3 Å². The number of carbonyl (C=O) groups is 1. The van der Waals surface area contributed by atoms with Crippen LogP contribution < -0.4 is 4.90 Å². The summed E-state index contributed by atoms with van der Waals surface area (Å²) in [4.78, 5) is 17.8. The number of carbonyl (C=O) groups excluding carboxylic acids is 1. The molecule has 0 saturated heterocycles. The van der Waals surface area contributed by atoms with Gasteiger partial charge in [0.1, 0.15) is 6.26 Å². The summed E-state index contributed by atoms with van der Waals surface area (Å²) in [6.07, 6.45) is 4.65. The predicted octanol–water partition coefficient (Wildman–Crippen LogP) is 3.14. The van der Waals surface area contributed by atoms with Crippen LogP contribution in [0.2, 0.25) is 0 Å². The SMILES string of the molecule is CCCCN(C(=O)CCCCl)c1nc(C)co1. The van der Waals surface area contributed by atoms with Gasteiger partial charge in [0.15, 0.2) is 0 Å². The first-order chi connectivity index (χ1) is 8.19. The average Bonchev–Trinajstić information content (AvgIpc) is 2.73. The van der Waals surface area contributed by atoms with E-state index in [1.165, 1.54) is 0 Å². The van der Waals surface area contributed by atoms with Crippen molar-refractivity contribution in [2.75, 3.05) is 17.3 Å². The Labute approximate surface area is 107 Å². The lowest BCUT2D eigenvalue weighted by Gasteiger charge is -2.18. The van der Waals surface area contributed by atoms with Gasteiger partial charge in [-0.15, -0.1) is 11.6 Å². The fourth-order valence-electron chi connectivity index (χ4n) is 1.46. The zero-order valence-corrected chi connectivity index (χ0v) is 11.2. The van der Waals surface area contributed by atoms with Crippen LogP contribution in [0.25, 0.3) is 0 Å². The van der Waals surface area contributed by atoms with E-state index in [2.05, 4.69) is 11.9 Å². The van der Waals surface area contributed by atoms with Gasteiger partial charge in [-0.1, -0.05) is 13.3 Å². The Balaban J connectivity index is 2.69. The van der Waals surface area contributed by atoms with E-state index in [4.69, 9.17) is 16.0 Å². The number of nitrogens with zero attached hydrogens (tertiary/aromatic N) is 2. The number of amides is 1. The summed E-state index contributed by atoms with van der Waals surface area (Å²) in [5.41, 5.74) is 0.784. The van der Waals surface area contributed by atoms with Crippen LogP contribution in [0.4, 0.5) is 6.01 Å². The number of aromatic nitrogens is 1. The fourth-order valence-corrected chi connectivity index (χ4v) is 1.60. The van der Waals surface area contributed by atoms with Gasteiger partial charge >= 0.3 is 6.01 Å². The lowest BCUT2D eigenvalue weighted by Crippen LogP contribution is -2.32. The van der Waals surface area contributed by atoms with Crippen molar-refractivity contribution in [1.29, 1.82) is 0 Å². The van der Waals surface area contributed by atoms with E-state index in [0.29, 0.717) is 31.3 Å². The van der Waals surface area contributed by atoms with E-state index in [-0.39, 0.29) is 5.91 Å². The third-order valence-electron chi connectivity index (χ3n) is 2.40. The largest absolute Gasteiger partial charge is 0.431 e. The van der Waals surface area contributed by atoms with Crippen molar-refractivity contribution in [3.05, 3.63) is 12.0 Å². The molecule has 1 rings (SSSR count). The summed E-state index contributed by atoms with van der Waals surface area (Å²) in [5.74, 6) is 0.527. The van der Waals surface area contributed by atoms with E-state index >= 15 is 0 Å². The summed E-state index contributed by atoms with van der Waals surface area (Å²) < 4.78 is 5.29. The molecule has 4 nitrogen and oxygen atoms in total. The normalized spacial score (nSPS) is 10.5. The van der Waals surface area contributed by atoms with Gasteiger partial charge in [-0.2, -0.15) is 4.98 Å². The summed E-state index contributed by atoms with van der Waals surface area (Å²) in [6, 6.07) is 0.399. The summed E-state index contributed by atoms with van der Waals surface area (Å²) in [7, 11) is 0. The molecule has 1 heterocycles. The highest BCUT2D eigenvalue weighted by molar-refractivity contribution is 6.18. The van der Waals surface area contributed by atoms with Crippen LogP contribution in [0.15, 0.2) is 10.7 Å². The first-order valence-corrected chi connectivity index (χ1v) is 6.51. The molecule has 0 aliphatic rings. The summed E-state index contributed by atoms with van der Waals surface area (Å²) in [5, 5.41) is 0. The highest BCUT2D eigenvalue weighted by Crippen LogP contribution is 2.16. The Bertz CT molecular complexity index is 352. The van der Waals surface area contributed by atoms with Crippen molar-refractivity contribution < 1.29 is 9.21 Å². The molecule has 0 aliphatic heterocycles. The van der Waals surface area contributed by atoms with E-state index in [9.17, 15) is 4.79 Å². The van der Waals surface area contributed by atoms with Crippen molar-refractivity contribution in [2.24, 2.45) is 0 Å². The standard InChI is InChI=1S/C12H19ClN2O2/c1-3-4-8-15(11(16)6-5-7-13)12-14-10(2)9-17-12/h9H,3-8H2,1-2H3. The first-order valence-electron chi connectivity index (χ1n) is 5.97.